The van der Waals surface area contributed by atoms with Crippen LogP contribution in [0, 0.1) is 5.92 Å². The fourth-order valence-corrected chi connectivity index (χ4v) is 0.289. The Morgan fingerprint density at radius 3 is 0.900 bits per heavy atom. The minimum Gasteiger partial charge on any atom is -0.330 e. The van der Waals surface area contributed by atoms with Crippen LogP contribution in [0.3, 0.4) is 0 Å². The predicted molar refractivity (Wildman–Crippen MR) is 52.4 cm³/mol. The van der Waals surface area contributed by atoms with Crippen molar-refractivity contribution in [3.8, 4) is 0 Å². The van der Waals surface area contributed by atoms with E-state index in [1.807, 2.05) is 0 Å². The Bertz CT molecular complexity index is 37.2. The second kappa shape index (κ2) is 16.4. The molecule has 0 aliphatic heterocycles. The van der Waals surface area contributed by atoms with E-state index < -0.39 is 0 Å². The molecule has 6 heteroatoms. The Hall–Kier alpha value is 0.750. The van der Waals surface area contributed by atoms with E-state index in [1.165, 1.54) is 0 Å². The molecule has 0 rings (SSSR count). The van der Waals surface area contributed by atoms with Crippen LogP contribution in [-0.4, -0.2) is 19.6 Å². The summed E-state index contributed by atoms with van der Waals surface area (Å²) in [6.45, 7) is 1.81. The molecule has 0 aliphatic carbocycles. The average molecular weight is 213 g/mol. The molecule has 0 bridgehead atoms. The van der Waals surface area contributed by atoms with Crippen LogP contribution in [0.15, 0.2) is 0 Å². The van der Waals surface area contributed by atoms with Crippen molar-refractivity contribution in [2.45, 2.75) is 0 Å². The molecule has 0 amide bonds. The zero-order chi connectivity index (χ0) is 5.70. The molecule has 0 aliphatic rings. The van der Waals surface area contributed by atoms with Gasteiger partial charge in [0.25, 0.3) is 0 Å². The minimum absolute atomic E-state index is 0. The van der Waals surface area contributed by atoms with Crippen LogP contribution in [-0.2, 0) is 0 Å². The van der Waals surface area contributed by atoms with Crippen molar-refractivity contribution in [2.75, 3.05) is 19.6 Å². The molecule has 0 saturated carbocycles. The van der Waals surface area contributed by atoms with Gasteiger partial charge < -0.3 is 17.2 Å². The van der Waals surface area contributed by atoms with Gasteiger partial charge in [-0.2, -0.15) is 0 Å². The van der Waals surface area contributed by atoms with Crippen molar-refractivity contribution in [3.63, 3.8) is 0 Å². The van der Waals surface area contributed by atoms with Crippen LogP contribution in [0.4, 0.5) is 0 Å². The molecule has 68 valence electrons. The lowest BCUT2D eigenvalue weighted by molar-refractivity contribution is 0.563. The summed E-state index contributed by atoms with van der Waals surface area (Å²) in [5, 5.41) is 0. The van der Waals surface area contributed by atoms with Crippen LogP contribution >= 0.6 is 37.2 Å². The van der Waals surface area contributed by atoms with Crippen LogP contribution in [0.2, 0.25) is 0 Å². The van der Waals surface area contributed by atoms with Crippen LogP contribution in [0.1, 0.15) is 0 Å². The fraction of sp³-hybridized carbons (Fsp3) is 1.00. The Kier molecular flexibility index (Phi) is 36.7. The first-order valence-corrected chi connectivity index (χ1v) is 2.45. The maximum absolute atomic E-state index is 5.23. The third-order valence-electron chi connectivity index (χ3n) is 1.00. The van der Waals surface area contributed by atoms with Crippen molar-refractivity contribution < 1.29 is 0 Å². The molecule has 0 aromatic carbocycles. The second-order valence-electron chi connectivity index (χ2n) is 1.57. The Morgan fingerprint density at radius 1 is 0.700 bits per heavy atom. The van der Waals surface area contributed by atoms with Gasteiger partial charge in [0, 0.05) is 0 Å². The number of hydrogen-bond donors (Lipinski definition) is 3. The fourth-order valence-electron chi connectivity index (χ4n) is 0.289. The molecule has 0 unspecified atom stereocenters. The highest BCUT2D eigenvalue weighted by Gasteiger charge is 1.96. The van der Waals surface area contributed by atoms with E-state index in [9.17, 15) is 0 Å². The van der Waals surface area contributed by atoms with E-state index in [-0.39, 0.29) is 37.2 Å². The second-order valence-corrected chi connectivity index (χ2v) is 1.57. The number of hydrogen-bond acceptors (Lipinski definition) is 3. The van der Waals surface area contributed by atoms with Gasteiger partial charge in [-0.25, -0.2) is 0 Å². The van der Waals surface area contributed by atoms with Gasteiger partial charge in [0.2, 0.25) is 0 Å². The summed E-state index contributed by atoms with van der Waals surface area (Å²) in [6, 6.07) is 0. The molecule has 0 aromatic rings. The van der Waals surface area contributed by atoms with E-state index >= 15 is 0 Å². The lowest BCUT2D eigenvalue weighted by atomic mass is 10.1. The molecular formula is C4H16Cl3N3. The average Bonchev–Trinajstić information content (AvgIpc) is 1.72. The summed E-state index contributed by atoms with van der Waals surface area (Å²) in [6.07, 6.45) is 0. The van der Waals surface area contributed by atoms with Gasteiger partial charge in [0.05, 0.1) is 0 Å². The smallest absolute Gasteiger partial charge is 0.00247 e. The van der Waals surface area contributed by atoms with Crippen molar-refractivity contribution in [2.24, 2.45) is 23.1 Å². The van der Waals surface area contributed by atoms with E-state index in [1.54, 1.807) is 0 Å². The summed E-state index contributed by atoms with van der Waals surface area (Å²) in [5.74, 6) is 0.319. The number of rotatable bonds is 3. The first kappa shape index (κ1) is 22.4. The largest absolute Gasteiger partial charge is 0.330 e. The van der Waals surface area contributed by atoms with Crippen molar-refractivity contribution in [1.29, 1.82) is 0 Å². The van der Waals surface area contributed by atoms with E-state index in [4.69, 9.17) is 17.2 Å². The highest BCUT2D eigenvalue weighted by molar-refractivity contribution is 5.86. The standard InChI is InChI=1S/C4H13N3.3ClH/c5-1-4(2-6)3-7;;;/h4H,1-3,5-7H2;3*1H. The lowest BCUT2D eigenvalue weighted by Crippen LogP contribution is -2.29. The summed E-state index contributed by atoms with van der Waals surface area (Å²) in [7, 11) is 0. The lowest BCUT2D eigenvalue weighted by Gasteiger charge is -2.05. The quantitative estimate of drug-likeness (QED) is 0.603. The monoisotopic (exact) mass is 211 g/mol. The highest BCUT2D eigenvalue weighted by Crippen LogP contribution is 1.81. The third-order valence-corrected chi connectivity index (χ3v) is 1.00. The Balaban J connectivity index is -0.0000000600. The molecule has 3 nitrogen and oxygen atoms in total. The van der Waals surface area contributed by atoms with Crippen molar-refractivity contribution >= 4 is 37.2 Å². The van der Waals surface area contributed by atoms with Crippen molar-refractivity contribution in [1.82, 2.24) is 0 Å². The molecular weight excluding hydrogens is 196 g/mol. The Labute approximate surface area is 80.3 Å². The predicted octanol–water partition coefficient (Wildman–Crippen LogP) is -0.256. The maximum atomic E-state index is 5.23. The molecule has 0 atom stereocenters. The molecule has 0 aromatic heterocycles. The van der Waals surface area contributed by atoms with Gasteiger partial charge in [-0.15, -0.1) is 37.2 Å². The Morgan fingerprint density at radius 2 is 0.900 bits per heavy atom. The molecule has 0 heterocycles. The normalized spacial score (nSPS) is 7.20. The zero-order valence-corrected chi connectivity index (χ0v) is 8.10. The first-order valence-electron chi connectivity index (χ1n) is 2.45. The summed E-state index contributed by atoms with van der Waals surface area (Å²) >= 11 is 0. The summed E-state index contributed by atoms with van der Waals surface area (Å²) < 4.78 is 0. The maximum Gasteiger partial charge on any atom is -0.00247 e. The minimum atomic E-state index is 0. The number of halogens is 3. The van der Waals surface area contributed by atoms with Gasteiger partial charge in [-0.1, -0.05) is 0 Å². The van der Waals surface area contributed by atoms with Gasteiger partial charge >= 0.3 is 0 Å². The molecule has 0 saturated heterocycles. The van der Waals surface area contributed by atoms with Gasteiger partial charge in [-0.05, 0) is 25.6 Å². The van der Waals surface area contributed by atoms with E-state index in [0.29, 0.717) is 25.6 Å². The van der Waals surface area contributed by atoms with Gasteiger partial charge in [0.1, 0.15) is 0 Å². The third kappa shape index (κ3) is 11.5. The first-order chi connectivity index (χ1) is 3.35. The van der Waals surface area contributed by atoms with Crippen LogP contribution in [0.5, 0.6) is 0 Å². The van der Waals surface area contributed by atoms with Crippen molar-refractivity contribution in [3.05, 3.63) is 0 Å². The zero-order valence-electron chi connectivity index (χ0n) is 5.66. The summed E-state index contributed by atoms with van der Waals surface area (Å²) in [5.41, 5.74) is 15.7. The van der Waals surface area contributed by atoms with Crippen LogP contribution in [0.25, 0.3) is 0 Å². The van der Waals surface area contributed by atoms with Gasteiger partial charge in [0.15, 0.2) is 0 Å². The topological polar surface area (TPSA) is 78.1 Å². The van der Waals surface area contributed by atoms with E-state index in [0.717, 1.165) is 0 Å². The molecule has 0 fully saturated rings. The molecule has 6 N–H and O–H groups in total. The molecule has 0 spiro atoms. The summed E-state index contributed by atoms with van der Waals surface area (Å²) in [4.78, 5) is 0. The van der Waals surface area contributed by atoms with Crippen LogP contribution < -0.4 is 17.2 Å². The number of nitrogens with two attached hydrogens (primary N) is 3. The molecule has 0 radical (unpaired) electrons. The highest BCUT2D eigenvalue weighted by atomic mass is 35.5. The SMILES string of the molecule is Cl.Cl.Cl.NCC(CN)CN. The van der Waals surface area contributed by atoms with E-state index in [2.05, 4.69) is 0 Å². The molecule has 10 heavy (non-hydrogen) atoms. The van der Waals surface area contributed by atoms with Gasteiger partial charge in [-0.3, -0.25) is 0 Å².